The molecule has 0 aliphatic heterocycles. The van der Waals surface area contributed by atoms with Gasteiger partial charge >= 0.3 is 5.97 Å². The first kappa shape index (κ1) is 27.2. The summed E-state index contributed by atoms with van der Waals surface area (Å²) in [6.45, 7) is 13.3. The van der Waals surface area contributed by atoms with E-state index >= 15 is 0 Å². The van der Waals surface area contributed by atoms with E-state index in [4.69, 9.17) is 4.74 Å². The normalized spacial score (nSPS) is 12.6. The predicted octanol–water partition coefficient (Wildman–Crippen LogP) is 5.43. The third-order valence-electron chi connectivity index (χ3n) is 4.57. The highest BCUT2D eigenvalue weighted by atomic mass is 32.1. The van der Waals surface area contributed by atoms with E-state index in [1.54, 1.807) is 24.3 Å². The summed E-state index contributed by atoms with van der Waals surface area (Å²) in [5, 5.41) is 2.31. The highest BCUT2D eigenvalue weighted by molar-refractivity contribution is 7.09. The summed E-state index contributed by atoms with van der Waals surface area (Å²) >= 11 is 1.32. The first-order valence-electron chi connectivity index (χ1n) is 10.6. The Morgan fingerprint density at radius 2 is 1.83 bits per heavy atom. The van der Waals surface area contributed by atoms with E-state index in [9.17, 15) is 14.4 Å². The molecule has 166 valence electrons. The Kier molecular flexibility index (Phi) is 13.4. The zero-order valence-electron chi connectivity index (χ0n) is 19.3. The van der Waals surface area contributed by atoms with E-state index in [0.29, 0.717) is 30.0 Å². The lowest BCUT2D eigenvalue weighted by Crippen LogP contribution is -2.41. The van der Waals surface area contributed by atoms with Crippen molar-refractivity contribution in [2.45, 2.75) is 92.7 Å². The van der Waals surface area contributed by atoms with Crippen molar-refractivity contribution < 1.29 is 19.1 Å². The molecule has 0 aliphatic carbocycles. The van der Waals surface area contributed by atoms with E-state index in [0.717, 1.165) is 12.8 Å². The van der Waals surface area contributed by atoms with Gasteiger partial charge in [0.1, 0.15) is 10.7 Å². The summed E-state index contributed by atoms with van der Waals surface area (Å²) in [4.78, 5) is 42.1. The molecule has 1 amide bonds. The summed E-state index contributed by atoms with van der Waals surface area (Å²) in [6.07, 6.45) is 2.61. The van der Waals surface area contributed by atoms with Crippen LogP contribution >= 0.6 is 11.3 Å². The fourth-order valence-corrected chi connectivity index (χ4v) is 3.79. The molecule has 0 radical (unpaired) electrons. The van der Waals surface area contributed by atoms with E-state index in [-0.39, 0.29) is 23.7 Å². The number of rotatable bonds is 11. The second-order valence-corrected chi connectivity index (χ2v) is 7.99. The average Bonchev–Trinajstić information content (AvgIpc) is 3.19. The van der Waals surface area contributed by atoms with Crippen LogP contribution < -0.4 is 0 Å². The van der Waals surface area contributed by atoms with Crippen LogP contribution in [-0.2, 0) is 14.3 Å². The van der Waals surface area contributed by atoms with E-state index in [1.807, 2.05) is 27.7 Å². The lowest BCUT2D eigenvalue weighted by Gasteiger charge is -2.33. The predicted molar refractivity (Wildman–Crippen MR) is 118 cm³/mol. The van der Waals surface area contributed by atoms with E-state index < -0.39 is 12.1 Å². The molecule has 0 spiro atoms. The zero-order chi connectivity index (χ0) is 22.6. The molecule has 0 bridgehead atoms. The Hall–Kier alpha value is -1.76. The number of amides is 1. The number of ether oxygens (including phenoxy) is 1. The van der Waals surface area contributed by atoms with E-state index in [1.165, 1.54) is 18.3 Å². The number of hydrogen-bond donors (Lipinski definition) is 0. The van der Waals surface area contributed by atoms with Gasteiger partial charge < -0.3 is 9.64 Å². The van der Waals surface area contributed by atoms with Gasteiger partial charge in [-0.25, -0.2) is 4.98 Å². The molecule has 1 rings (SSSR count). The number of carbonyl (C=O) groups excluding carboxylic acids is 3. The van der Waals surface area contributed by atoms with Crippen LogP contribution in [0.3, 0.4) is 0 Å². The molecular formula is C22H38N2O4S. The Balaban J connectivity index is 0.00000379. The number of carbonyl (C=O) groups is 3. The smallest absolute Gasteiger partial charge is 0.303 e. The minimum Gasteiger partial charge on any atom is -0.455 e. The number of hydrogen-bond acceptors (Lipinski definition) is 6. The van der Waals surface area contributed by atoms with Crippen LogP contribution in [0.4, 0.5) is 0 Å². The van der Waals surface area contributed by atoms with Crippen LogP contribution in [0.15, 0.2) is 5.38 Å². The maximum Gasteiger partial charge on any atom is 0.303 e. The molecule has 1 unspecified atom stereocenters. The number of unbranched alkanes of at least 4 members (excludes halogenated alkanes) is 1. The summed E-state index contributed by atoms with van der Waals surface area (Å²) in [5.74, 6) is -0.152. The second kappa shape index (κ2) is 14.3. The number of ketones is 1. The van der Waals surface area contributed by atoms with Crippen molar-refractivity contribution >= 4 is 29.0 Å². The fraction of sp³-hybridized carbons (Fsp3) is 0.727. The molecule has 0 fully saturated rings. The largest absolute Gasteiger partial charge is 0.455 e. The summed E-state index contributed by atoms with van der Waals surface area (Å²) < 4.78 is 5.51. The number of aromatic nitrogens is 1. The van der Waals surface area contributed by atoms with Gasteiger partial charge in [-0.3, -0.25) is 14.4 Å². The van der Waals surface area contributed by atoms with Gasteiger partial charge in [-0.15, -0.1) is 11.3 Å². The van der Waals surface area contributed by atoms with Gasteiger partial charge in [0.2, 0.25) is 5.91 Å². The summed E-state index contributed by atoms with van der Waals surface area (Å²) in [7, 11) is 1.81. The third-order valence-corrected chi connectivity index (χ3v) is 5.51. The Bertz CT molecular complexity index is 643. The maximum absolute atomic E-state index is 12.5. The topological polar surface area (TPSA) is 76.6 Å². The maximum atomic E-state index is 12.5. The van der Waals surface area contributed by atoms with Gasteiger partial charge in [0.05, 0.1) is 0 Å². The first-order valence-corrected chi connectivity index (χ1v) is 11.5. The molecule has 1 heterocycles. The number of esters is 1. The van der Waals surface area contributed by atoms with Crippen molar-refractivity contribution in [2.75, 3.05) is 7.05 Å². The quantitative estimate of drug-likeness (QED) is 0.348. The number of Topliss-reactive ketones (excluding diaryl/α,β-unsaturated/α-hetero) is 1. The van der Waals surface area contributed by atoms with Gasteiger partial charge in [-0.05, 0) is 12.3 Å². The van der Waals surface area contributed by atoms with Gasteiger partial charge in [-0.2, -0.15) is 0 Å². The highest BCUT2D eigenvalue weighted by Gasteiger charge is 2.30. The molecule has 0 N–H and O–H groups in total. The summed E-state index contributed by atoms with van der Waals surface area (Å²) in [5.41, 5.74) is 0.406. The minimum absolute atomic E-state index is 0.0358. The molecule has 2 atom stereocenters. The van der Waals surface area contributed by atoms with Crippen LogP contribution in [0.5, 0.6) is 0 Å². The highest BCUT2D eigenvalue weighted by Crippen LogP contribution is 2.30. The molecule has 6 nitrogen and oxygen atoms in total. The van der Waals surface area contributed by atoms with E-state index in [2.05, 4.69) is 11.9 Å². The lowest BCUT2D eigenvalue weighted by molar-refractivity contribution is -0.148. The van der Waals surface area contributed by atoms with Crippen LogP contribution in [0.25, 0.3) is 0 Å². The second-order valence-electron chi connectivity index (χ2n) is 7.10. The minimum atomic E-state index is -0.570. The molecule has 0 aliphatic rings. The molecule has 29 heavy (non-hydrogen) atoms. The van der Waals surface area contributed by atoms with Crippen molar-refractivity contribution in [2.24, 2.45) is 5.92 Å². The molecule has 1 aromatic heterocycles. The number of thiazole rings is 1. The first-order chi connectivity index (χ1) is 13.7. The number of nitrogens with zero attached hydrogens (tertiary/aromatic N) is 2. The molecule has 1 aromatic rings. The van der Waals surface area contributed by atoms with Crippen molar-refractivity contribution in [1.82, 2.24) is 9.88 Å². The van der Waals surface area contributed by atoms with Gasteiger partial charge in [0.15, 0.2) is 11.9 Å². The zero-order valence-corrected chi connectivity index (χ0v) is 20.1. The van der Waals surface area contributed by atoms with Crippen molar-refractivity contribution in [3.05, 3.63) is 16.1 Å². The molecule has 0 saturated heterocycles. The molecule has 7 heteroatoms. The van der Waals surface area contributed by atoms with Gasteiger partial charge in [-0.1, -0.05) is 48.0 Å². The average molecular weight is 427 g/mol. The monoisotopic (exact) mass is 426 g/mol. The van der Waals surface area contributed by atoms with Crippen LogP contribution in [0.2, 0.25) is 0 Å². The third kappa shape index (κ3) is 9.07. The van der Waals surface area contributed by atoms with Crippen molar-refractivity contribution in [3.63, 3.8) is 0 Å². The Morgan fingerprint density at radius 3 is 2.31 bits per heavy atom. The van der Waals surface area contributed by atoms with Crippen LogP contribution in [0.1, 0.15) is 102 Å². The molecular weight excluding hydrogens is 388 g/mol. The van der Waals surface area contributed by atoms with Crippen LogP contribution in [0, 0.1) is 5.92 Å². The standard InChI is InChI=1S/C20H32N2O4S.C2H6/c1-7-9-10-19(25)22(6)16(13(3)4)11-18(26-14(5)23)20-21-15(12-27-20)17(24)8-2;1-2/h12-13,16,18H,7-11H2,1-6H3;1-2H3/t16?,18-;/m1./s1. The van der Waals surface area contributed by atoms with Gasteiger partial charge in [0.25, 0.3) is 0 Å². The molecule has 0 saturated carbocycles. The fourth-order valence-electron chi connectivity index (χ4n) is 2.93. The lowest BCUT2D eigenvalue weighted by atomic mass is 9.96. The Morgan fingerprint density at radius 1 is 1.21 bits per heavy atom. The van der Waals surface area contributed by atoms with Crippen LogP contribution in [-0.4, -0.2) is 40.6 Å². The van der Waals surface area contributed by atoms with Crippen molar-refractivity contribution in [3.8, 4) is 0 Å². The van der Waals surface area contributed by atoms with Crippen molar-refractivity contribution in [1.29, 1.82) is 0 Å². The SMILES string of the molecule is CC.CCCCC(=O)N(C)C(C[C@@H](OC(C)=O)c1nc(C(=O)CC)cs1)C(C)C. The summed E-state index contributed by atoms with van der Waals surface area (Å²) in [6, 6.07) is -0.0899. The van der Waals surface area contributed by atoms with Gasteiger partial charge in [0, 0.05) is 44.7 Å². The molecule has 0 aromatic carbocycles. The Labute approximate surface area is 180 Å².